The highest BCUT2D eigenvalue weighted by Crippen LogP contribution is 2.20. The summed E-state index contributed by atoms with van der Waals surface area (Å²) in [4.78, 5) is 17.2. The fourth-order valence-corrected chi connectivity index (χ4v) is 3.66. The van der Waals surface area contributed by atoms with E-state index in [4.69, 9.17) is 21.3 Å². The van der Waals surface area contributed by atoms with Gasteiger partial charge in [0.15, 0.2) is 0 Å². The average Bonchev–Trinajstić information content (AvgIpc) is 3.12. The first-order valence-corrected chi connectivity index (χ1v) is 10.1. The Morgan fingerprint density at radius 1 is 1.03 bits per heavy atom. The highest BCUT2D eigenvalue weighted by molar-refractivity contribution is 6.33. The maximum Gasteiger partial charge on any atom is 0.252 e. The van der Waals surface area contributed by atoms with E-state index in [0.29, 0.717) is 30.1 Å². The van der Waals surface area contributed by atoms with Crippen molar-refractivity contribution in [2.45, 2.75) is 13.0 Å². The van der Waals surface area contributed by atoms with Gasteiger partial charge in [0.1, 0.15) is 11.6 Å². The van der Waals surface area contributed by atoms with E-state index in [1.54, 1.807) is 31.4 Å². The number of fused-ring (bicyclic) bond motifs is 1. The molecule has 0 radical (unpaired) electrons. The van der Waals surface area contributed by atoms with Crippen LogP contribution in [0.4, 0.5) is 0 Å². The van der Waals surface area contributed by atoms with Crippen LogP contribution in [0.2, 0.25) is 5.02 Å². The van der Waals surface area contributed by atoms with Crippen LogP contribution in [0.3, 0.4) is 0 Å². The number of hydrogen-bond acceptors (Lipinski definition) is 3. The number of amides is 1. The van der Waals surface area contributed by atoms with Crippen molar-refractivity contribution in [1.29, 1.82) is 0 Å². The van der Waals surface area contributed by atoms with Crippen LogP contribution in [0, 0.1) is 0 Å². The lowest BCUT2D eigenvalue weighted by molar-refractivity contribution is 0.0954. The number of ether oxygens (including phenoxy) is 1. The molecule has 0 aliphatic carbocycles. The summed E-state index contributed by atoms with van der Waals surface area (Å²) in [6.07, 6.45) is 0.612. The second kappa shape index (κ2) is 9.01. The summed E-state index contributed by atoms with van der Waals surface area (Å²) < 4.78 is 7.44. The van der Waals surface area contributed by atoms with Gasteiger partial charge in [0, 0.05) is 19.5 Å². The second-order valence-corrected chi connectivity index (χ2v) is 7.34. The number of rotatable bonds is 7. The molecule has 4 rings (SSSR count). The molecule has 5 nitrogen and oxygen atoms in total. The van der Waals surface area contributed by atoms with Gasteiger partial charge in [-0.15, -0.1) is 0 Å². The minimum Gasteiger partial charge on any atom is -0.497 e. The number of methoxy groups -OCH3 is 1. The van der Waals surface area contributed by atoms with Gasteiger partial charge in [0.25, 0.3) is 5.91 Å². The molecule has 0 saturated carbocycles. The second-order valence-electron chi connectivity index (χ2n) is 6.94. The largest absolute Gasteiger partial charge is 0.497 e. The van der Waals surface area contributed by atoms with Gasteiger partial charge in [-0.2, -0.15) is 0 Å². The van der Waals surface area contributed by atoms with Gasteiger partial charge in [-0.25, -0.2) is 4.98 Å². The fraction of sp³-hybridized carbons (Fsp3) is 0.167. The van der Waals surface area contributed by atoms with E-state index >= 15 is 0 Å². The van der Waals surface area contributed by atoms with Gasteiger partial charge in [-0.3, -0.25) is 4.79 Å². The highest BCUT2D eigenvalue weighted by Gasteiger charge is 2.13. The van der Waals surface area contributed by atoms with Crippen LogP contribution in [0.25, 0.3) is 11.0 Å². The summed E-state index contributed by atoms with van der Waals surface area (Å²) in [5, 5.41) is 3.39. The molecule has 0 unspecified atom stereocenters. The summed E-state index contributed by atoms with van der Waals surface area (Å²) in [5.74, 6) is 1.57. The maximum atomic E-state index is 12.4. The molecule has 152 valence electrons. The standard InChI is InChI=1S/C24H22ClN3O2/c1-30-18-12-10-17(11-13-18)16-28-22-9-5-4-8-21(22)27-23(28)14-15-26-24(29)19-6-2-3-7-20(19)25/h2-13H,14-16H2,1H3,(H,26,29). The van der Waals surface area contributed by atoms with Crippen LogP contribution in [0.15, 0.2) is 72.8 Å². The van der Waals surface area contributed by atoms with E-state index in [0.717, 1.165) is 28.2 Å². The Labute approximate surface area is 180 Å². The predicted octanol–water partition coefficient (Wildman–Crippen LogP) is 4.72. The van der Waals surface area contributed by atoms with Gasteiger partial charge in [0.05, 0.1) is 28.7 Å². The van der Waals surface area contributed by atoms with E-state index in [-0.39, 0.29) is 5.91 Å². The topological polar surface area (TPSA) is 56.1 Å². The third-order valence-electron chi connectivity index (χ3n) is 4.99. The lowest BCUT2D eigenvalue weighted by Gasteiger charge is -2.11. The highest BCUT2D eigenvalue weighted by atomic mass is 35.5. The minimum atomic E-state index is -0.182. The summed E-state index contributed by atoms with van der Waals surface area (Å²) in [6.45, 7) is 1.16. The van der Waals surface area contributed by atoms with Crippen molar-refractivity contribution in [3.8, 4) is 5.75 Å². The quantitative estimate of drug-likeness (QED) is 0.471. The zero-order chi connectivity index (χ0) is 20.9. The number of para-hydroxylation sites is 2. The number of nitrogens with zero attached hydrogens (tertiary/aromatic N) is 2. The number of hydrogen-bond donors (Lipinski definition) is 1. The molecule has 0 saturated heterocycles. The molecule has 1 aromatic heterocycles. The Balaban J connectivity index is 1.52. The molecule has 0 atom stereocenters. The van der Waals surface area contributed by atoms with Crippen molar-refractivity contribution in [3.05, 3.63) is 94.8 Å². The molecule has 3 aromatic carbocycles. The molecule has 0 aliphatic rings. The zero-order valence-electron chi connectivity index (χ0n) is 16.6. The van der Waals surface area contributed by atoms with Crippen LogP contribution < -0.4 is 10.1 Å². The predicted molar refractivity (Wildman–Crippen MR) is 119 cm³/mol. The Hall–Kier alpha value is -3.31. The van der Waals surface area contributed by atoms with E-state index in [9.17, 15) is 4.79 Å². The van der Waals surface area contributed by atoms with Crippen molar-refractivity contribution < 1.29 is 9.53 Å². The van der Waals surface area contributed by atoms with Crippen molar-refractivity contribution in [2.24, 2.45) is 0 Å². The van der Waals surface area contributed by atoms with Gasteiger partial charge in [-0.1, -0.05) is 48.0 Å². The molecule has 1 amide bonds. The monoisotopic (exact) mass is 419 g/mol. The van der Waals surface area contributed by atoms with Crippen molar-refractivity contribution in [1.82, 2.24) is 14.9 Å². The number of carbonyl (C=O) groups excluding carboxylic acids is 1. The SMILES string of the molecule is COc1ccc(Cn2c(CCNC(=O)c3ccccc3Cl)nc3ccccc32)cc1. The normalized spacial score (nSPS) is 10.9. The van der Waals surface area contributed by atoms with Gasteiger partial charge >= 0.3 is 0 Å². The Bertz CT molecular complexity index is 1170. The molecule has 6 heteroatoms. The molecule has 30 heavy (non-hydrogen) atoms. The van der Waals surface area contributed by atoms with E-state index in [2.05, 4.69) is 28.1 Å². The van der Waals surface area contributed by atoms with Crippen LogP contribution in [-0.4, -0.2) is 29.1 Å². The first-order chi connectivity index (χ1) is 14.7. The van der Waals surface area contributed by atoms with Crippen molar-refractivity contribution in [2.75, 3.05) is 13.7 Å². The average molecular weight is 420 g/mol. The summed E-state index contributed by atoms with van der Waals surface area (Å²) >= 11 is 6.12. The minimum absolute atomic E-state index is 0.182. The van der Waals surface area contributed by atoms with E-state index < -0.39 is 0 Å². The molecule has 1 heterocycles. The van der Waals surface area contributed by atoms with Crippen molar-refractivity contribution in [3.63, 3.8) is 0 Å². The Morgan fingerprint density at radius 2 is 1.77 bits per heavy atom. The summed E-state index contributed by atoms with van der Waals surface area (Å²) in [7, 11) is 1.66. The van der Waals surface area contributed by atoms with Crippen LogP contribution >= 0.6 is 11.6 Å². The molecular weight excluding hydrogens is 398 g/mol. The third-order valence-corrected chi connectivity index (χ3v) is 5.32. The van der Waals surface area contributed by atoms with Crippen LogP contribution in [0.1, 0.15) is 21.7 Å². The first-order valence-electron chi connectivity index (χ1n) is 9.75. The smallest absolute Gasteiger partial charge is 0.252 e. The first kappa shape index (κ1) is 20.0. The van der Waals surface area contributed by atoms with E-state index in [1.165, 1.54) is 0 Å². The van der Waals surface area contributed by atoms with Gasteiger partial charge in [0.2, 0.25) is 0 Å². The number of nitrogens with one attached hydrogen (secondary N) is 1. The molecule has 0 fully saturated rings. The lowest BCUT2D eigenvalue weighted by Crippen LogP contribution is -2.26. The van der Waals surface area contributed by atoms with Crippen LogP contribution in [-0.2, 0) is 13.0 Å². The summed E-state index contributed by atoms with van der Waals surface area (Å²) in [6, 6.07) is 23.1. The molecule has 4 aromatic rings. The molecule has 0 spiro atoms. The van der Waals surface area contributed by atoms with E-state index in [1.807, 2.05) is 30.3 Å². The molecule has 0 aliphatic heterocycles. The number of imidazole rings is 1. The Morgan fingerprint density at radius 3 is 2.53 bits per heavy atom. The fourth-order valence-electron chi connectivity index (χ4n) is 3.43. The number of aromatic nitrogens is 2. The zero-order valence-corrected chi connectivity index (χ0v) is 17.4. The number of carbonyl (C=O) groups is 1. The molecular formula is C24H22ClN3O2. The van der Waals surface area contributed by atoms with Crippen molar-refractivity contribution >= 4 is 28.5 Å². The van der Waals surface area contributed by atoms with Crippen LogP contribution in [0.5, 0.6) is 5.75 Å². The van der Waals surface area contributed by atoms with Gasteiger partial charge < -0.3 is 14.6 Å². The molecule has 1 N–H and O–H groups in total. The molecule has 0 bridgehead atoms. The number of halogens is 1. The lowest BCUT2D eigenvalue weighted by atomic mass is 10.2. The number of benzene rings is 3. The summed E-state index contributed by atoms with van der Waals surface area (Å²) in [5.41, 5.74) is 3.64. The van der Waals surface area contributed by atoms with Gasteiger partial charge in [-0.05, 0) is 42.0 Å². The Kier molecular flexibility index (Phi) is 6.00. The third kappa shape index (κ3) is 4.31. The maximum absolute atomic E-state index is 12.4.